The first-order valence-corrected chi connectivity index (χ1v) is 9.09. The lowest BCUT2D eigenvalue weighted by Crippen LogP contribution is -2.36. The number of carbonyl (C=O) groups excluding carboxylic acids is 1. The topological polar surface area (TPSA) is 74.0 Å². The van der Waals surface area contributed by atoms with E-state index in [2.05, 4.69) is 17.1 Å². The van der Waals surface area contributed by atoms with Crippen molar-refractivity contribution in [1.29, 1.82) is 0 Å². The molecular weight excluding hydrogens is 360 g/mol. The summed E-state index contributed by atoms with van der Waals surface area (Å²) in [5, 5.41) is 0. The first kappa shape index (κ1) is 16.7. The summed E-state index contributed by atoms with van der Waals surface area (Å²) in [6, 6.07) is 13.5. The highest BCUT2D eigenvalue weighted by atomic mass is 16.7. The molecule has 7 heteroatoms. The van der Waals surface area contributed by atoms with Crippen molar-refractivity contribution in [3.8, 4) is 17.2 Å². The zero-order valence-electron chi connectivity index (χ0n) is 15.1. The Bertz CT molecular complexity index is 1030. The number of nitrogens with zero attached hydrogens (tertiary/aromatic N) is 2. The van der Waals surface area contributed by atoms with Crippen molar-refractivity contribution in [3.63, 3.8) is 0 Å². The number of benzene rings is 2. The molecule has 28 heavy (non-hydrogen) atoms. The van der Waals surface area contributed by atoms with Crippen LogP contribution in [0.25, 0.3) is 0 Å². The lowest BCUT2D eigenvalue weighted by Gasteiger charge is -2.28. The summed E-state index contributed by atoms with van der Waals surface area (Å²) in [6.45, 7) is 1.59. The van der Waals surface area contributed by atoms with Crippen molar-refractivity contribution in [1.82, 2.24) is 9.88 Å². The number of oxazole rings is 1. The maximum atomic E-state index is 12.8. The molecule has 0 fully saturated rings. The van der Waals surface area contributed by atoms with E-state index in [9.17, 15) is 4.79 Å². The zero-order valence-corrected chi connectivity index (χ0v) is 15.1. The molecule has 2 aliphatic rings. The van der Waals surface area contributed by atoms with Gasteiger partial charge in [0.2, 0.25) is 12.7 Å². The first-order valence-electron chi connectivity index (χ1n) is 9.09. The third-order valence-corrected chi connectivity index (χ3v) is 4.90. The molecule has 3 heterocycles. The average Bonchev–Trinajstić information content (AvgIpc) is 3.40. The van der Waals surface area contributed by atoms with Crippen LogP contribution in [0.2, 0.25) is 0 Å². The lowest BCUT2D eigenvalue weighted by atomic mass is 10.00. The molecule has 0 saturated carbocycles. The largest absolute Gasteiger partial charge is 0.484 e. The molecule has 1 amide bonds. The molecule has 0 saturated heterocycles. The van der Waals surface area contributed by atoms with Gasteiger partial charge in [-0.3, -0.25) is 4.79 Å². The van der Waals surface area contributed by atoms with Gasteiger partial charge < -0.3 is 23.5 Å². The van der Waals surface area contributed by atoms with Gasteiger partial charge in [-0.1, -0.05) is 24.3 Å². The summed E-state index contributed by atoms with van der Waals surface area (Å²) in [5.74, 6) is 2.17. The normalized spacial score (nSPS) is 14.6. The molecular formula is C21H18N2O5. The highest BCUT2D eigenvalue weighted by molar-refractivity contribution is 5.92. The lowest BCUT2D eigenvalue weighted by molar-refractivity contribution is 0.0728. The summed E-state index contributed by atoms with van der Waals surface area (Å²) in [4.78, 5) is 18.8. The number of carbonyl (C=O) groups is 1. The van der Waals surface area contributed by atoms with E-state index >= 15 is 0 Å². The van der Waals surface area contributed by atoms with Gasteiger partial charge in [0.25, 0.3) is 5.91 Å². The number of ether oxygens (including phenoxy) is 3. The number of amides is 1. The van der Waals surface area contributed by atoms with Crippen LogP contribution in [0, 0.1) is 0 Å². The van der Waals surface area contributed by atoms with Crippen LogP contribution in [-0.2, 0) is 19.6 Å². The molecule has 0 N–H and O–H groups in total. The van der Waals surface area contributed by atoms with Gasteiger partial charge in [-0.2, -0.15) is 0 Å². The summed E-state index contributed by atoms with van der Waals surface area (Å²) in [6.07, 6.45) is 2.24. The second kappa shape index (κ2) is 6.92. The predicted octanol–water partition coefficient (Wildman–Crippen LogP) is 3.18. The molecule has 7 nitrogen and oxygen atoms in total. The zero-order chi connectivity index (χ0) is 18.9. The van der Waals surface area contributed by atoms with Gasteiger partial charge in [0.05, 0.1) is 0 Å². The Labute approximate surface area is 161 Å². The van der Waals surface area contributed by atoms with Crippen molar-refractivity contribution in [2.75, 3.05) is 13.3 Å². The van der Waals surface area contributed by atoms with E-state index in [0.29, 0.717) is 41.9 Å². The number of hydrogen-bond acceptors (Lipinski definition) is 6. The Hall–Kier alpha value is -3.48. The fraction of sp³-hybridized carbons (Fsp3) is 0.238. The number of fused-ring (bicyclic) bond motifs is 2. The molecule has 0 unspecified atom stereocenters. The van der Waals surface area contributed by atoms with E-state index < -0.39 is 0 Å². The van der Waals surface area contributed by atoms with Gasteiger partial charge in [0.1, 0.15) is 12.0 Å². The standard InChI is InChI=1S/C21H18N2O5/c24-21(23-8-7-14-3-1-2-4-15(14)10-23)17-11-26-20(22-17)12-25-16-5-6-18-19(9-16)28-13-27-18/h1-6,9,11H,7-8,10,12-13H2. The monoisotopic (exact) mass is 378 g/mol. The van der Waals surface area contributed by atoms with Crippen LogP contribution >= 0.6 is 0 Å². The van der Waals surface area contributed by atoms with Crippen LogP contribution in [0.5, 0.6) is 17.2 Å². The van der Waals surface area contributed by atoms with Gasteiger partial charge in [-0.05, 0) is 29.7 Å². The molecule has 1 aromatic heterocycles. The molecule has 0 aliphatic carbocycles. The Morgan fingerprint density at radius 2 is 1.96 bits per heavy atom. The summed E-state index contributed by atoms with van der Waals surface area (Å²) < 4.78 is 21.7. The molecule has 0 bridgehead atoms. The van der Waals surface area contributed by atoms with Crippen molar-refractivity contribution in [3.05, 3.63) is 71.4 Å². The maximum Gasteiger partial charge on any atom is 0.276 e. The van der Waals surface area contributed by atoms with Gasteiger partial charge >= 0.3 is 0 Å². The predicted molar refractivity (Wildman–Crippen MR) is 98.3 cm³/mol. The van der Waals surface area contributed by atoms with Gasteiger partial charge in [0.15, 0.2) is 23.8 Å². The molecule has 5 rings (SSSR count). The molecule has 2 aliphatic heterocycles. The molecule has 0 radical (unpaired) electrons. The van der Waals surface area contributed by atoms with Crippen LogP contribution in [0.4, 0.5) is 0 Å². The number of hydrogen-bond donors (Lipinski definition) is 0. The molecule has 3 aromatic rings. The fourth-order valence-electron chi connectivity index (χ4n) is 3.42. The van der Waals surface area contributed by atoms with Crippen molar-refractivity contribution >= 4 is 5.91 Å². The van der Waals surface area contributed by atoms with E-state index in [0.717, 1.165) is 6.42 Å². The minimum Gasteiger partial charge on any atom is -0.484 e. The van der Waals surface area contributed by atoms with Crippen LogP contribution in [0.3, 0.4) is 0 Å². The van der Waals surface area contributed by atoms with E-state index in [-0.39, 0.29) is 19.3 Å². The highest BCUT2D eigenvalue weighted by Gasteiger charge is 2.24. The second-order valence-corrected chi connectivity index (χ2v) is 6.68. The van der Waals surface area contributed by atoms with Crippen LogP contribution < -0.4 is 14.2 Å². The van der Waals surface area contributed by atoms with Crippen LogP contribution in [-0.4, -0.2) is 29.1 Å². The van der Waals surface area contributed by atoms with Crippen LogP contribution in [0.1, 0.15) is 27.5 Å². The quantitative estimate of drug-likeness (QED) is 0.694. The van der Waals surface area contributed by atoms with Gasteiger partial charge in [-0.15, -0.1) is 0 Å². The Kier molecular flexibility index (Phi) is 4.12. The number of rotatable bonds is 4. The third kappa shape index (κ3) is 3.15. The Morgan fingerprint density at radius 3 is 2.89 bits per heavy atom. The Balaban J connectivity index is 1.23. The summed E-state index contributed by atoms with van der Waals surface area (Å²) in [5.41, 5.74) is 2.77. The maximum absolute atomic E-state index is 12.8. The van der Waals surface area contributed by atoms with Crippen LogP contribution in [0.15, 0.2) is 53.1 Å². The summed E-state index contributed by atoms with van der Waals surface area (Å²) >= 11 is 0. The SMILES string of the molecule is O=C(c1coc(COc2ccc3c(c2)OCO3)n1)N1CCc2ccccc2C1. The fourth-order valence-corrected chi connectivity index (χ4v) is 3.42. The van der Waals surface area contributed by atoms with E-state index in [1.165, 1.54) is 17.4 Å². The van der Waals surface area contributed by atoms with Crippen molar-refractivity contribution < 1.29 is 23.4 Å². The average molecular weight is 378 g/mol. The van der Waals surface area contributed by atoms with E-state index in [1.54, 1.807) is 23.1 Å². The van der Waals surface area contributed by atoms with E-state index in [4.69, 9.17) is 18.6 Å². The smallest absolute Gasteiger partial charge is 0.276 e. The highest BCUT2D eigenvalue weighted by Crippen LogP contribution is 2.35. The molecule has 0 atom stereocenters. The molecule has 2 aromatic carbocycles. The molecule has 0 spiro atoms. The minimum absolute atomic E-state index is 0.121. The summed E-state index contributed by atoms with van der Waals surface area (Å²) in [7, 11) is 0. The first-order chi connectivity index (χ1) is 13.8. The van der Waals surface area contributed by atoms with Crippen molar-refractivity contribution in [2.24, 2.45) is 0 Å². The third-order valence-electron chi connectivity index (χ3n) is 4.90. The van der Waals surface area contributed by atoms with Crippen molar-refractivity contribution in [2.45, 2.75) is 19.6 Å². The molecule has 142 valence electrons. The minimum atomic E-state index is -0.132. The Morgan fingerprint density at radius 1 is 1.11 bits per heavy atom. The van der Waals surface area contributed by atoms with E-state index in [1.807, 2.05) is 12.1 Å². The number of aromatic nitrogens is 1. The second-order valence-electron chi connectivity index (χ2n) is 6.68. The van der Waals surface area contributed by atoms with Gasteiger partial charge in [0, 0.05) is 19.2 Å². The van der Waals surface area contributed by atoms with Gasteiger partial charge in [-0.25, -0.2) is 4.98 Å².